The summed E-state index contributed by atoms with van der Waals surface area (Å²) in [6.45, 7) is 7.00. The van der Waals surface area contributed by atoms with Gasteiger partial charge in [-0.25, -0.2) is 9.78 Å². The van der Waals surface area contributed by atoms with E-state index in [2.05, 4.69) is 0 Å². The standard InChI is InChI=1S/C19H24N2O4S/c1-19(2,3)25-18(22)21-9-10-24-11-15(21)17-20-14(12-26-17)13-7-5-6-8-16(13)23-4/h5-8,12,15H,9-11H2,1-4H3. The maximum Gasteiger partial charge on any atom is 0.411 e. The lowest BCUT2D eigenvalue weighted by Gasteiger charge is -2.35. The van der Waals surface area contributed by atoms with Crippen molar-refractivity contribution in [1.29, 1.82) is 0 Å². The van der Waals surface area contributed by atoms with Gasteiger partial charge < -0.3 is 14.2 Å². The van der Waals surface area contributed by atoms with Gasteiger partial charge in [-0.15, -0.1) is 11.3 Å². The van der Waals surface area contributed by atoms with Crippen LogP contribution in [0, 0.1) is 0 Å². The Balaban J connectivity index is 1.85. The maximum absolute atomic E-state index is 12.6. The SMILES string of the molecule is COc1ccccc1-c1csc(C2COCCN2C(=O)OC(C)(C)C)n1. The van der Waals surface area contributed by atoms with Gasteiger partial charge in [0, 0.05) is 17.5 Å². The van der Waals surface area contributed by atoms with Crippen LogP contribution in [0.15, 0.2) is 29.6 Å². The Bertz CT molecular complexity index is 769. The number of ether oxygens (including phenoxy) is 3. The van der Waals surface area contributed by atoms with Gasteiger partial charge in [-0.1, -0.05) is 12.1 Å². The van der Waals surface area contributed by atoms with Crippen molar-refractivity contribution in [3.63, 3.8) is 0 Å². The molecule has 3 rings (SSSR count). The van der Waals surface area contributed by atoms with Gasteiger partial charge in [0.25, 0.3) is 0 Å². The van der Waals surface area contributed by atoms with Crippen molar-refractivity contribution in [2.75, 3.05) is 26.9 Å². The number of amides is 1. The van der Waals surface area contributed by atoms with Gasteiger partial charge in [-0.05, 0) is 32.9 Å². The normalized spacial score (nSPS) is 17.8. The fourth-order valence-electron chi connectivity index (χ4n) is 2.77. The molecule has 1 saturated heterocycles. The number of methoxy groups -OCH3 is 1. The van der Waals surface area contributed by atoms with Gasteiger partial charge in [0.05, 0.1) is 26.0 Å². The number of para-hydroxylation sites is 1. The Hall–Kier alpha value is -2.12. The summed E-state index contributed by atoms with van der Waals surface area (Å²) in [5.74, 6) is 0.772. The molecule has 0 aliphatic carbocycles. The third kappa shape index (κ3) is 4.16. The van der Waals surface area contributed by atoms with Crippen LogP contribution in [0.3, 0.4) is 0 Å². The van der Waals surface area contributed by atoms with Gasteiger partial charge >= 0.3 is 6.09 Å². The maximum atomic E-state index is 12.6. The van der Waals surface area contributed by atoms with Crippen LogP contribution < -0.4 is 4.74 Å². The quantitative estimate of drug-likeness (QED) is 0.806. The van der Waals surface area contributed by atoms with Gasteiger partial charge in [0.15, 0.2) is 0 Å². The second-order valence-corrected chi connectivity index (χ2v) is 7.93. The number of nitrogens with zero attached hydrogens (tertiary/aromatic N) is 2. The molecule has 140 valence electrons. The smallest absolute Gasteiger partial charge is 0.411 e. The number of aromatic nitrogens is 1. The predicted octanol–water partition coefficient (Wildman–Crippen LogP) is 4.13. The Morgan fingerprint density at radius 1 is 1.35 bits per heavy atom. The lowest BCUT2D eigenvalue weighted by Crippen LogP contribution is -2.45. The van der Waals surface area contributed by atoms with E-state index in [1.54, 1.807) is 12.0 Å². The van der Waals surface area contributed by atoms with Crippen molar-refractivity contribution < 1.29 is 19.0 Å². The van der Waals surface area contributed by atoms with Crippen LogP contribution in [0.2, 0.25) is 0 Å². The minimum Gasteiger partial charge on any atom is -0.496 e. The second kappa shape index (κ2) is 7.63. The predicted molar refractivity (Wildman–Crippen MR) is 101 cm³/mol. The largest absolute Gasteiger partial charge is 0.496 e. The summed E-state index contributed by atoms with van der Waals surface area (Å²) in [7, 11) is 1.64. The molecule has 1 aliphatic rings. The Kier molecular flexibility index (Phi) is 5.48. The molecule has 1 unspecified atom stereocenters. The van der Waals surface area contributed by atoms with Crippen LogP contribution in [0.5, 0.6) is 5.75 Å². The first-order valence-electron chi connectivity index (χ1n) is 8.55. The van der Waals surface area contributed by atoms with E-state index < -0.39 is 5.60 Å². The molecule has 26 heavy (non-hydrogen) atoms. The molecule has 0 N–H and O–H groups in total. The molecule has 1 fully saturated rings. The number of rotatable bonds is 3. The highest BCUT2D eigenvalue weighted by atomic mass is 32.1. The van der Waals surface area contributed by atoms with Crippen LogP contribution in [0.1, 0.15) is 31.8 Å². The molecule has 1 aliphatic heterocycles. The number of thiazole rings is 1. The first-order valence-corrected chi connectivity index (χ1v) is 9.43. The molecule has 6 nitrogen and oxygen atoms in total. The summed E-state index contributed by atoms with van der Waals surface area (Å²) in [6.07, 6.45) is -0.333. The summed E-state index contributed by atoms with van der Waals surface area (Å²) in [5.41, 5.74) is 1.22. The van der Waals surface area contributed by atoms with Crippen molar-refractivity contribution in [3.8, 4) is 17.0 Å². The fourth-order valence-corrected chi connectivity index (χ4v) is 3.68. The van der Waals surface area contributed by atoms with E-state index in [1.807, 2.05) is 50.4 Å². The molecular weight excluding hydrogens is 352 g/mol. The molecule has 0 radical (unpaired) electrons. The lowest BCUT2D eigenvalue weighted by atomic mass is 10.1. The van der Waals surface area contributed by atoms with E-state index >= 15 is 0 Å². The number of benzene rings is 1. The summed E-state index contributed by atoms with van der Waals surface area (Å²) in [6, 6.07) is 7.51. The zero-order chi connectivity index (χ0) is 18.7. The number of hydrogen-bond donors (Lipinski definition) is 0. The van der Waals surface area contributed by atoms with Crippen molar-refractivity contribution in [2.24, 2.45) is 0 Å². The summed E-state index contributed by atoms with van der Waals surface area (Å²) < 4.78 is 16.6. The average molecular weight is 376 g/mol. The minimum absolute atomic E-state index is 0.243. The molecule has 2 heterocycles. The molecule has 0 spiro atoms. The van der Waals surface area contributed by atoms with Crippen molar-refractivity contribution in [2.45, 2.75) is 32.4 Å². The van der Waals surface area contributed by atoms with Crippen LogP contribution in [-0.2, 0) is 9.47 Å². The molecule has 1 amide bonds. The Labute approximate surface area is 157 Å². The van der Waals surface area contributed by atoms with E-state index in [4.69, 9.17) is 19.2 Å². The topological polar surface area (TPSA) is 60.9 Å². The number of carbonyl (C=O) groups excluding carboxylic acids is 1. The first kappa shape index (κ1) is 18.7. The highest BCUT2D eigenvalue weighted by Crippen LogP contribution is 2.34. The van der Waals surface area contributed by atoms with Crippen LogP contribution in [0.25, 0.3) is 11.3 Å². The molecular formula is C19H24N2O4S. The molecule has 0 saturated carbocycles. The fraction of sp³-hybridized carbons (Fsp3) is 0.474. The zero-order valence-corrected chi connectivity index (χ0v) is 16.3. The van der Waals surface area contributed by atoms with Crippen molar-refractivity contribution in [3.05, 3.63) is 34.7 Å². The zero-order valence-electron chi connectivity index (χ0n) is 15.5. The van der Waals surface area contributed by atoms with Gasteiger partial charge in [-0.3, -0.25) is 4.90 Å². The van der Waals surface area contributed by atoms with Crippen LogP contribution in [-0.4, -0.2) is 48.4 Å². The highest BCUT2D eigenvalue weighted by molar-refractivity contribution is 7.10. The second-order valence-electron chi connectivity index (χ2n) is 7.04. The first-order chi connectivity index (χ1) is 12.4. The molecule has 1 aromatic carbocycles. The molecule has 2 aromatic rings. The highest BCUT2D eigenvalue weighted by Gasteiger charge is 2.34. The molecule has 1 aromatic heterocycles. The molecule has 1 atom stereocenters. The number of morpholine rings is 1. The van der Waals surface area contributed by atoms with Crippen molar-refractivity contribution in [1.82, 2.24) is 9.88 Å². The number of carbonyl (C=O) groups is 1. The third-order valence-corrected chi connectivity index (χ3v) is 4.89. The Morgan fingerprint density at radius 2 is 2.12 bits per heavy atom. The average Bonchev–Trinajstić information content (AvgIpc) is 3.10. The van der Waals surface area contributed by atoms with E-state index in [9.17, 15) is 4.79 Å². The summed E-state index contributed by atoms with van der Waals surface area (Å²) in [4.78, 5) is 19.0. The van der Waals surface area contributed by atoms with Gasteiger partial charge in [0.2, 0.25) is 0 Å². The molecule has 0 bridgehead atoms. The third-order valence-electron chi connectivity index (χ3n) is 3.95. The van der Waals surface area contributed by atoms with Gasteiger partial charge in [-0.2, -0.15) is 0 Å². The van der Waals surface area contributed by atoms with Gasteiger partial charge in [0.1, 0.15) is 22.4 Å². The lowest BCUT2D eigenvalue weighted by molar-refractivity contribution is -0.0331. The monoisotopic (exact) mass is 376 g/mol. The number of hydrogen-bond acceptors (Lipinski definition) is 6. The van der Waals surface area contributed by atoms with E-state index in [-0.39, 0.29) is 12.1 Å². The Morgan fingerprint density at radius 3 is 2.85 bits per heavy atom. The molecule has 7 heteroatoms. The van der Waals surface area contributed by atoms with E-state index in [0.29, 0.717) is 19.8 Å². The van der Waals surface area contributed by atoms with Crippen LogP contribution >= 0.6 is 11.3 Å². The summed E-state index contributed by atoms with van der Waals surface area (Å²) >= 11 is 1.51. The minimum atomic E-state index is -0.536. The van der Waals surface area contributed by atoms with E-state index in [0.717, 1.165) is 22.0 Å². The van der Waals surface area contributed by atoms with Crippen LogP contribution in [0.4, 0.5) is 4.79 Å². The van der Waals surface area contributed by atoms with Crippen molar-refractivity contribution >= 4 is 17.4 Å². The summed E-state index contributed by atoms with van der Waals surface area (Å²) in [5, 5.41) is 2.81. The van der Waals surface area contributed by atoms with E-state index in [1.165, 1.54) is 11.3 Å².